The lowest BCUT2D eigenvalue weighted by atomic mass is 9.76. The van der Waals surface area contributed by atoms with E-state index < -0.39 is 0 Å². The Bertz CT molecular complexity index is 572. The molecule has 0 N–H and O–H groups in total. The van der Waals surface area contributed by atoms with Crippen LogP contribution < -0.4 is 0 Å². The average Bonchev–Trinajstić information content (AvgIpc) is 2.76. The molecule has 0 aromatic heterocycles. The molecule has 3 rings (SSSR count). The number of terminal acetylenes is 1. The molecule has 2 aliphatic rings. The second-order valence-electron chi connectivity index (χ2n) is 6.12. The molecule has 2 unspecified atom stereocenters. The summed E-state index contributed by atoms with van der Waals surface area (Å²) in [5, 5.41) is 0. The minimum atomic E-state index is -0.0850. The largest absolute Gasteiger partial charge is 0.469 e. The molecule has 2 heterocycles. The fourth-order valence-corrected chi connectivity index (χ4v) is 4.09. The Morgan fingerprint density at radius 2 is 2.05 bits per heavy atom. The summed E-state index contributed by atoms with van der Waals surface area (Å²) in [4.78, 5) is 14.7. The highest BCUT2D eigenvalue weighted by molar-refractivity contribution is 5.75. The van der Waals surface area contributed by atoms with Crippen LogP contribution in [0, 0.1) is 18.3 Å². The molecular weight excluding hydrogens is 262 g/mol. The third-order valence-electron chi connectivity index (χ3n) is 5.25. The Hall–Kier alpha value is -1.79. The lowest BCUT2D eigenvalue weighted by Gasteiger charge is -2.41. The maximum atomic E-state index is 12.3. The van der Waals surface area contributed by atoms with Gasteiger partial charge in [0.25, 0.3) is 0 Å². The van der Waals surface area contributed by atoms with E-state index in [1.165, 1.54) is 19.1 Å². The van der Waals surface area contributed by atoms with Crippen LogP contribution in [-0.4, -0.2) is 37.1 Å². The number of esters is 1. The van der Waals surface area contributed by atoms with Crippen molar-refractivity contribution in [1.82, 2.24) is 4.90 Å². The second-order valence-corrected chi connectivity index (χ2v) is 6.12. The molecule has 1 aromatic rings. The van der Waals surface area contributed by atoms with Crippen LogP contribution in [0.4, 0.5) is 0 Å². The van der Waals surface area contributed by atoms with Crippen molar-refractivity contribution in [1.29, 1.82) is 0 Å². The summed E-state index contributed by atoms with van der Waals surface area (Å²) < 4.78 is 5.09. The number of fused-ring (bicyclic) bond motifs is 2. The molecule has 2 aliphatic heterocycles. The van der Waals surface area contributed by atoms with E-state index in [1.807, 2.05) is 12.1 Å². The molecule has 110 valence electrons. The second kappa shape index (κ2) is 5.54. The maximum Gasteiger partial charge on any atom is 0.310 e. The summed E-state index contributed by atoms with van der Waals surface area (Å²) in [6.07, 6.45) is 8.69. The minimum absolute atomic E-state index is 0.0737. The van der Waals surface area contributed by atoms with Gasteiger partial charge in [-0.1, -0.05) is 18.1 Å². The number of hydrogen-bond donors (Lipinski definition) is 0. The van der Waals surface area contributed by atoms with Crippen molar-refractivity contribution in [3.63, 3.8) is 0 Å². The molecule has 3 heteroatoms. The molecule has 2 fully saturated rings. The van der Waals surface area contributed by atoms with Gasteiger partial charge in [-0.25, -0.2) is 0 Å². The van der Waals surface area contributed by atoms with Gasteiger partial charge in [0.05, 0.1) is 13.0 Å². The minimum Gasteiger partial charge on any atom is -0.469 e. The number of carbonyl (C=O) groups is 1. The van der Waals surface area contributed by atoms with Crippen molar-refractivity contribution in [3.8, 4) is 12.3 Å². The molecule has 1 aromatic carbocycles. The monoisotopic (exact) mass is 283 g/mol. The van der Waals surface area contributed by atoms with E-state index in [0.717, 1.165) is 18.4 Å². The van der Waals surface area contributed by atoms with Gasteiger partial charge in [-0.05, 0) is 44.0 Å². The van der Waals surface area contributed by atoms with Crippen LogP contribution in [0.2, 0.25) is 0 Å². The standard InChI is InChI=1S/C18H21NO2/c1-4-12-5-7-13(8-6-12)15-11-14-9-10-16(19(14)2)17(15)18(20)21-3/h1,5-8,14-17H,9-11H2,2-3H3/t14-,15-,16?,17?/m1/s1. The van der Waals surface area contributed by atoms with Crippen molar-refractivity contribution in [2.24, 2.45) is 5.92 Å². The summed E-state index contributed by atoms with van der Waals surface area (Å²) >= 11 is 0. The van der Waals surface area contributed by atoms with E-state index in [9.17, 15) is 4.79 Å². The Kier molecular flexibility index (Phi) is 3.73. The topological polar surface area (TPSA) is 29.5 Å². The van der Waals surface area contributed by atoms with Crippen molar-refractivity contribution >= 4 is 5.97 Å². The molecule has 0 radical (unpaired) electrons. The first-order valence-corrected chi connectivity index (χ1v) is 7.52. The van der Waals surface area contributed by atoms with Gasteiger partial charge >= 0.3 is 5.97 Å². The fourth-order valence-electron chi connectivity index (χ4n) is 4.09. The van der Waals surface area contributed by atoms with E-state index in [2.05, 4.69) is 30.0 Å². The molecule has 2 saturated heterocycles. The van der Waals surface area contributed by atoms with Crippen LogP contribution in [0.5, 0.6) is 0 Å². The Morgan fingerprint density at radius 1 is 1.33 bits per heavy atom. The van der Waals surface area contributed by atoms with Gasteiger partial charge in [0.2, 0.25) is 0 Å². The van der Waals surface area contributed by atoms with Crippen molar-refractivity contribution in [2.45, 2.75) is 37.3 Å². The van der Waals surface area contributed by atoms with E-state index in [4.69, 9.17) is 11.2 Å². The molecule has 2 bridgehead atoms. The quantitative estimate of drug-likeness (QED) is 0.616. The van der Waals surface area contributed by atoms with E-state index in [-0.39, 0.29) is 17.8 Å². The summed E-state index contributed by atoms with van der Waals surface area (Å²) in [5.74, 6) is 2.71. The van der Waals surface area contributed by atoms with Crippen LogP contribution in [0.15, 0.2) is 24.3 Å². The molecule has 3 nitrogen and oxygen atoms in total. The smallest absolute Gasteiger partial charge is 0.310 e. The van der Waals surface area contributed by atoms with E-state index in [0.29, 0.717) is 12.1 Å². The van der Waals surface area contributed by atoms with Crippen molar-refractivity contribution in [2.75, 3.05) is 14.2 Å². The highest BCUT2D eigenvalue weighted by Crippen LogP contribution is 2.46. The number of methoxy groups -OCH3 is 1. The van der Waals surface area contributed by atoms with Crippen LogP contribution >= 0.6 is 0 Å². The number of rotatable bonds is 2. The summed E-state index contributed by atoms with van der Waals surface area (Å²) in [6, 6.07) is 8.94. The molecule has 0 amide bonds. The number of benzene rings is 1. The van der Waals surface area contributed by atoms with Gasteiger partial charge < -0.3 is 4.74 Å². The zero-order valence-corrected chi connectivity index (χ0v) is 12.6. The number of piperidine rings is 1. The molecule has 4 atom stereocenters. The van der Waals surface area contributed by atoms with Crippen LogP contribution in [0.3, 0.4) is 0 Å². The Balaban J connectivity index is 1.95. The van der Waals surface area contributed by atoms with Gasteiger partial charge in [-0.3, -0.25) is 9.69 Å². The summed E-state index contributed by atoms with van der Waals surface area (Å²) in [5.41, 5.74) is 2.08. The number of carbonyl (C=O) groups excluding carboxylic acids is 1. The first kappa shape index (κ1) is 14.2. The molecule has 0 spiro atoms. The fraction of sp³-hybridized carbons (Fsp3) is 0.500. The van der Waals surface area contributed by atoms with Crippen molar-refractivity contribution < 1.29 is 9.53 Å². The predicted octanol–water partition coefficient (Wildman–Crippen LogP) is 2.41. The van der Waals surface area contributed by atoms with Crippen LogP contribution in [0.25, 0.3) is 0 Å². The molecular formula is C18H21NO2. The summed E-state index contributed by atoms with van der Waals surface area (Å²) in [6.45, 7) is 0. The SMILES string of the molecule is C#Cc1ccc([C@H]2C[C@H]3CCC(C2C(=O)OC)N3C)cc1. The Labute approximate surface area is 126 Å². The average molecular weight is 283 g/mol. The van der Waals surface area contributed by atoms with Gasteiger partial charge in [0.15, 0.2) is 0 Å². The molecule has 0 saturated carbocycles. The number of ether oxygens (including phenoxy) is 1. The van der Waals surface area contributed by atoms with Crippen molar-refractivity contribution in [3.05, 3.63) is 35.4 Å². The van der Waals surface area contributed by atoms with Crippen LogP contribution in [0.1, 0.15) is 36.3 Å². The maximum absolute atomic E-state index is 12.3. The zero-order valence-electron chi connectivity index (χ0n) is 12.6. The third kappa shape index (κ3) is 2.34. The highest BCUT2D eigenvalue weighted by atomic mass is 16.5. The lowest BCUT2D eigenvalue weighted by Crippen LogP contribution is -2.49. The molecule has 0 aliphatic carbocycles. The van der Waals surface area contributed by atoms with Gasteiger partial charge in [-0.15, -0.1) is 6.42 Å². The van der Waals surface area contributed by atoms with Gasteiger partial charge in [-0.2, -0.15) is 0 Å². The first-order valence-electron chi connectivity index (χ1n) is 7.52. The van der Waals surface area contributed by atoms with E-state index >= 15 is 0 Å². The molecule has 21 heavy (non-hydrogen) atoms. The van der Waals surface area contributed by atoms with Gasteiger partial charge in [0.1, 0.15) is 0 Å². The van der Waals surface area contributed by atoms with Crippen LogP contribution in [-0.2, 0) is 9.53 Å². The highest BCUT2D eigenvalue weighted by Gasteiger charge is 2.49. The first-order chi connectivity index (χ1) is 10.2. The normalized spacial score (nSPS) is 31.7. The van der Waals surface area contributed by atoms with Gasteiger partial charge in [0, 0.05) is 23.6 Å². The predicted molar refractivity (Wildman–Crippen MR) is 81.8 cm³/mol. The number of nitrogens with zero attached hydrogens (tertiary/aromatic N) is 1. The third-order valence-corrected chi connectivity index (χ3v) is 5.25. The Morgan fingerprint density at radius 3 is 2.67 bits per heavy atom. The lowest BCUT2D eigenvalue weighted by molar-refractivity contribution is -0.150. The number of hydrogen-bond acceptors (Lipinski definition) is 3. The van der Waals surface area contributed by atoms with E-state index in [1.54, 1.807) is 0 Å². The summed E-state index contributed by atoms with van der Waals surface area (Å²) in [7, 11) is 3.62. The zero-order chi connectivity index (χ0) is 15.0.